The van der Waals surface area contributed by atoms with Crippen molar-refractivity contribution in [3.8, 4) is 0 Å². The summed E-state index contributed by atoms with van der Waals surface area (Å²) in [6.45, 7) is 5.31. The molecule has 1 aliphatic heterocycles. The van der Waals surface area contributed by atoms with Crippen LogP contribution in [0.5, 0.6) is 0 Å². The zero-order chi connectivity index (χ0) is 22.2. The number of nitrogens with zero attached hydrogens (tertiary/aromatic N) is 1. The number of hydrogen-bond donors (Lipinski definition) is 3. The van der Waals surface area contributed by atoms with Crippen molar-refractivity contribution in [3.63, 3.8) is 0 Å². The summed E-state index contributed by atoms with van der Waals surface area (Å²) in [4.78, 5) is 41.7. The van der Waals surface area contributed by atoms with E-state index in [1.54, 1.807) is 0 Å². The number of carbonyl (C=O) groups excluding carboxylic acids is 3. The number of unbranched alkanes of at least 4 members (excludes halogenated alkanes) is 1. The molecule has 31 heavy (non-hydrogen) atoms. The van der Waals surface area contributed by atoms with E-state index in [4.69, 9.17) is 0 Å². The zero-order valence-corrected chi connectivity index (χ0v) is 18.6. The number of imide groups is 1. The summed E-state index contributed by atoms with van der Waals surface area (Å²) in [5.41, 5.74) is 2.12. The maximum absolute atomic E-state index is 12.7. The molecule has 1 aliphatic rings. The molecule has 3 N–H and O–H groups in total. The monoisotopic (exact) mass is 426 g/mol. The molecule has 3 rings (SSSR count). The lowest BCUT2D eigenvalue weighted by Gasteiger charge is -2.16. The third kappa shape index (κ3) is 5.87. The molecule has 0 saturated carbocycles. The van der Waals surface area contributed by atoms with Gasteiger partial charge in [-0.05, 0) is 36.8 Å². The summed E-state index contributed by atoms with van der Waals surface area (Å²) in [6.07, 6.45) is 7.57. The minimum absolute atomic E-state index is 0.0609. The van der Waals surface area contributed by atoms with Crippen molar-refractivity contribution in [3.05, 3.63) is 36.0 Å². The predicted octanol–water partition coefficient (Wildman–Crippen LogP) is 3.74. The molecule has 2 heterocycles. The maximum atomic E-state index is 12.7. The van der Waals surface area contributed by atoms with Gasteiger partial charge in [0.2, 0.25) is 5.91 Å². The van der Waals surface area contributed by atoms with E-state index in [1.807, 2.05) is 30.5 Å². The Bertz CT molecular complexity index is 907. The third-order valence-corrected chi connectivity index (χ3v) is 6.18. The fourth-order valence-electron chi connectivity index (χ4n) is 4.12. The Labute approximate surface area is 183 Å². The lowest BCUT2D eigenvalue weighted by Crippen LogP contribution is -2.34. The summed E-state index contributed by atoms with van der Waals surface area (Å²) in [6, 6.07) is 6.97. The topological polar surface area (TPSA) is 94.3 Å². The Morgan fingerprint density at radius 2 is 2.03 bits per heavy atom. The molecule has 2 atom stereocenters. The average molecular weight is 427 g/mol. The largest absolute Gasteiger partial charge is 0.361 e. The highest BCUT2D eigenvalue weighted by atomic mass is 16.2. The van der Waals surface area contributed by atoms with Crippen LogP contribution in [0.4, 0.5) is 4.79 Å². The Hall–Kier alpha value is -2.83. The second kappa shape index (κ2) is 11.0. The first-order valence-electron chi connectivity index (χ1n) is 11.5. The minimum Gasteiger partial charge on any atom is -0.361 e. The number of nitrogens with one attached hydrogen (secondary N) is 3. The first-order valence-corrected chi connectivity index (χ1v) is 11.5. The number of urea groups is 1. The minimum atomic E-state index is -0.622. The standard InChI is InChI=1S/C24H34N4O3/c1-3-5-8-17(4-2)15-26-22(29)12-11-21-23(30)28(24(31)27-21)14-13-18-16-25-20-10-7-6-9-19(18)20/h6-7,9-10,16-17,21,25H,3-5,8,11-15H2,1-2H3,(H,26,29)(H,27,31)/t17?,21-/m0/s1. The van der Waals surface area contributed by atoms with Crippen LogP contribution in [-0.2, 0) is 16.0 Å². The molecule has 4 amide bonds. The van der Waals surface area contributed by atoms with Gasteiger partial charge >= 0.3 is 6.03 Å². The summed E-state index contributed by atoms with van der Waals surface area (Å²) >= 11 is 0. The Balaban J connectivity index is 1.45. The number of fused-ring (bicyclic) bond motifs is 1. The van der Waals surface area contributed by atoms with Gasteiger partial charge in [0.15, 0.2) is 0 Å². The molecule has 2 aromatic rings. The van der Waals surface area contributed by atoms with E-state index in [9.17, 15) is 14.4 Å². The lowest BCUT2D eigenvalue weighted by molar-refractivity contribution is -0.127. The molecule has 0 radical (unpaired) electrons. The van der Waals surface area contributed by atoms with Crippen LogP contribution in [0.1, 0.15) is 57.9 Å². The van der Waals surface area contributed by atoms with Gasteiger partial charge in [-0.2, -0.15) is 0 Å². The van der Waals surface area contributed by atoms with E-state index in [1.165, 1.54) is 11.3 Å². The predicted molar refractivity (Wildman–Crippen MR) is 122 cm³/mol. The molecule has 0 spiro atoms. The molecular formula is C24H34N4O3. The number of rotatable bonds is 12. The van der Waals surface area contributed by atoms with Crippen LogP contribution < -0.4 is 10.6 Å². The molecule has 0 bridgehead atoms. The van der Waals surface area contributed by atoms with Crippen molar-refractivity contribution in [2.24, 2.45) is 5.92 Å². The van der Waals surface area contributed by atoms with Gasteiger partial charge in [0, 0.05) is 36.6 Å². The SMILES string of the molecule is CCCCC(CC)CNC(=O)CC[C@@H]1NC(=O)N(CCc2c[nH]c3ccccc23)C1=O. The van der Waals surface area contributed by atoms with Crippen LogP contribution in [0.15, 0.2) is 30.5 Å². The van der Waals surface area contributed by atoms with E-state index in [0.717, 1.165) is 35.7 Å². The van der Waals surface area contributed by atoms with E-state index in [0.29, 0.717) is 31.8 Å². The van der Waals surface area contributed by atoms with Crippen molar-refractivity contribution >= 4 is 28.7 Å². The number of carbonyl (C=O) groups is 3. The van der Waals surface area contributed by atoms with Crippen molar-refractivity contribution in [1.29, 1.82) is 0 Å². The Morgan fingerprint density at radius 3 is 2.81 bits per heavy atom. The maximum Gasteiger partial charge on any atom is 0.324 e. The molecule has 1 saturated heterocycles. The molecular weight excluding hydrogens is 392 g/mol. The molecule has 1 aromatic heterocycles. The van der Waals surface area contributed by atoms with E-state index in [-0.39, 0.29) is 24.3 Å². The second-order valence-electron chi connectivity index (χ2n) is 8.36. The molecule has 7 heteroatoms. The van der Waals surface area contributed by atoms with Gasteiger partial charge in [0.1, 0.15) is 6.04 Å². The smallest absolute Gasteiger partial charge is 0.324 e. The molecule has 1 fully saturated rings. The van der Waals surface area contributed by atoms with Crippen LogP contribution in [0.25, 0.3) is 10.9 Å². The summed E-state index contributed by atoms with van der Waals surface area (Å²) in [7, 11) is 0. The van der Waals surface area contributed by atoms with Gasteiger partial charge < -0.3 is 15.6 Å². The number of H-pyrrole nitrogens is 1. The van der Waals surface area contributed by atoms with Crippen LogP contribution in [0.3, 0.4) is 0 Å². The van der Waals surface area contributed by atoms with Crippen molar-refractivity contribution in [1.82, 2.24) is 20.5 Å². The van der Waals surface area contributed by atoms with Gasteiger partial charge in [-0.1, -0.05) is 51.3 Å². The highest BCUT2D eigenvalue weighted by Crippen LogP contribution is 2.20. The average Bonchev–Trinajstić information content (AvgIpc) is 3.31. The van der Waals surface area contributed by atoms with Gasteiger partial charge in [-0.3, -0.25) is 14.5 Å². The molecule has 0 aliphatic carbocycles. The van der Waals surface area contributed by atoms with Crippen LogP contribution in [-0.4, -0.2) is 46.9 Å². The number of aromatic nitrogens is 1. The van der Waals surface area contributed by atoms with Crippen molar-refractivity contribution < 1.29 is 14.4 Å². The van der Waals surface area contributed by atoms with Crippen molar-refractivity contribution in [2.75, 3.05) is 13.1 Å². The quantitative estimate of drug-likeness (QED) is 0.451. The van der Waals surface area contributed by atoms with Gasteiger partial charge in [-0.15, -0.1) is 0 Å². The Morgan fingerprint density at radius 1 is 1.23 bits per heavy atom. The number of aromatic amines is 1. The molecule has 168 valence electrons. The third-order valence-electron chi connectivity index (χ3n) is 6.18. The molecule has 1 aromatic carbocycles. The fourth-order valence-corrected chi connectivity index (χ4v) is 4.12. The van der Waals surface area contributed by atoms with E-state index < -0.39 is 6.04 Å². The number of para-hydroxylation sites is 1. The van der Waals surface area contributed by atoms with E-state index in [2.05, 4.69) is 29.5 Å². The number of hydrogen-bond acceptors (Lipinski definition) is 3. The first-order chi connectivity index (χ1) is 15.0. The first kappa shape index (κ1) is 22.8. The lowest BCUT2D eigenvalue weighted by atomic mass is 9.99. The second-order valence-corrected chi connectivity index (χ2v) is 8.36. The summed E-state index contributed by atoms with van der Waals surface area (Å²) in [5.74, 6) is 0.193. The highest BCUT2D eigenvalue weighted by Gasteiger charge is 2.37. The summed E-state index contributed by atoms with van der Waals surface area (Å²) < 4.78 is 0. The zero-order valence-electron chi connectivity index (χ0n) is 18.6. The van der Waals surface area contributed by atoms with E-state index >= 15 is 0 Å². The van der Waals surface area contributed by atoms with Gasteiger partial charge in [0.05, 0.1) is 0 Å². The normalized spacial score (nSPS) is 17.2. The molecule has 1 unspecified atom stereocenters. The van der Waals surface area contributed by atoms with Crippen LogP contribution in [0.2, 0.25) is 0 Å². The highest BCUT2D eigenvalue weighted by molar-refractivity contribution is 6.04. The molecule has 7 nitrogen and oxygen atoms in total. The summed E-state index contributed by atoms with van der Waals surface area (Å²) in [5, 5.41) is 6.82. The Kier molecular flexibility index (Phi) is 8.09. The van der Waals surface area contributed by atoms with Crippen LogP contribution in [0, 0.1) is 5.92 Å². The number of benzene rings is 1. The van der Waals surface area contributed by atoms with Crippen molar-refractivity contribution in [2.45, 2.75) is 64.8 Å². The van der Waals surface area contributed by atoms with Crippen LogP contribution >= 0.6 is 0 Å². The van der Waals surface area contributed by atoms with Gasteiger partial charge in [0.25, 0.3) is 5.91 Å². The van der Waals surface area contributed by atoms with Gasteiger partial charge in [-0.25, -0.2) is 4.79 Å². The number of amides is 4. The fraction of sp³-hybridized carbons (Fsp3) is 0.542.